The molecule has 13 heavy (non-hydrogen) atoms. The van der Waals surface area contributed by atoms with Gasteiger partial charge in [0.15, 0.2) is 0 Å². The first-order valence-electron chi connectivity index (χ1n) is 4.25. The highest BCUT2D eigenvalue weighted by Crippen LogP contribution is 2.17. The van der Waals surface area contributed by atoms with Crippen molar-refractivity contribution in [3.05, 3.63) is 30.3 Å². The number of benzene rings is 1. The summed E-state index contributed by atoms with van der Waals surface area (Å²) in [6.45, 7) is 0. The van der Waals surface area contributed by atoms with Crippen LogP contribution in [-0.2, 0) is 4.79 Å². The average molecular weight is 195 g/mol. The standard InChI is InChI=1S/C10H13NOS/c11-10(12)7-4-8-13-9-5-2-1-3-6-9/h1-3,5-6H,4,7-8H2,(H2,11,12). The van der Waals surface area contributed by atoms with Crippen LogP contribution in [0, 0.1) is 0 Å². The lowest BCUT2D eigenvalue weighted by Crippen LogP contribution is -2.09. The van der Waals surface area contributed by atoms with Gasteiger partial charge in [0, 0.05) is 11.3 Å². The summed E-state index contributed by atoms with van der Waals surface area (Å²) in [5, 5.41) is 0. The molecule has 1 rings (SSSR count). The lowest BCUT2D eigenvalue weighted by atomic mass is 10.3. The Hall–Kier alpha value is -0.960. The maximum atomic E-state index is 10.4. The Balaban J connectivity index is 2.17. The van der Waals surface area contributed by atoms with Crippen LogP contribution in [0.2, 0.25) is 0 Å². The molecule has 0 atom stereocenters. The molecule has 2 N–H and O–H groups in total. The third-order valence-electron chi connectivity index (χ3n) is 1.58. The summed E-state index contributed by atoms with van der Waals surface area (Å²) in [7, 11) is 0. The van der Waals surface area contributed by atoms with Gasteiger partial charge in [0.25, 0.3) is 0 Å². The SMILES string of the molecule is NC(=O)CCCSc1ccccc1. The Morgan fingerprint density at radius 2 is 2.00 bits per heavy atom. The second-order valence-electron chi connectivity index (χ2n) is 2.73. The van der Waals surface area contributed by atoms with Crippen molar-refractivity contribution < 1.29 is 4.79 Å². The van der Waals surface area contributed by atoms with E-state index in [-0.39, 0.29) is 5.91 Å². The number of hydrogen-bond acceptors (Lipinski definition) is 2. The topological polar surface area (TPSA) is 43.1 Å². The van der Waals surface area contributed by atoms with Crippen LogP contribution in [0.1, 0.15) is 12.8 Å². The Morgan fingerprint density at radius 3 is 2.62 bits per heavy atom. The molecular weight excluding hydrogens is 182 g/mol. The molecule has 0 heterocycles. The van der Waals surface area contributed by atoms with Gasteiger partial charge in [0.2, 0.25) is 5.91 Å². The molecule has 1 aromatic carbocycles. The fraction of sp³-hybridized carbons (Fsp3) is 0.300. The van der Waals surface area contributed by atoms with Gasteiger partial charge in [-0.25, -0.2) is 0 Å². The predicted molar refractivity (Wildman–Crippen MR) is 55.6 cm³/mol. The highest BCUT2D eigenvalue weighted by atomic mass is 32.2. The molecule has 1 amide bonds. The zero-order valence-electron chi connectivity index (χ0n) is 7.40. The van der Waals surface area contributed by atoms with Crippen molar-refractivity contribution in [1.29, 1.82) is 0 Å². The van der Waals surface area contributed by atoms with Crippen molar-refractivity contribution in [2.75, 3.05) is 5.75 Å². The number of carbonyl (C=O) groups excluding carboxylic acids is 1. The van der Waals surface area contributed by atoms with Crippen molar-refractivity contribution in [2.45, 2.75) is 17.7 Å². The molecule has 0 bridgehead atoms. The molecule has 0 aliphatic heterocycles. The van der Waals surface area contributed by atoms with Gasteiger partial charge in [-0.15, -0.1) is 11.8 Å². The van der Waals surface area contributed by atoms with Crippen LogP contribution < -0.4 is 5.73 Å². The van der Waals surface area contributed by atoms with Gasteiger partial charge in [-0.05, 0) is 24.3 Å². The lowest BCUT2D eigenvalue weighted by molar-refractivity contribution is -0.118. The number of nitrogens with two attached hydrogens (primary N) is 1. The summed E-state index contributed by atoms with van der Waals surface area (Å²) in [6.07, 6.45) is 1.34. The molecule has 0 spiro atoms. The summed E-state index contributed by atoms with van der Waals surface area (Å²) >= 11 is 1.75. The molecule has 0 aliphatic rings. The van der Waals surface area contributed by atoms with Crippen LogP contribution >= 0.6 is 11.8 Å². The van der Waals surface area contributed by atoms with Gasteiger partial charge in [-0.1, -0.05) is 18.2 Å². The Morgan fingerprint density at radius 1 is 1.31 bits per heavy atom. The van der Waals surface area contributed by atoms with E-state index in [2.05, 4.69) is 12.1 Å². The van der Waals surface area contributed by atoms with Crippen LogP contribution in [0.4, 0.5) is 0 Å². The number of thioether (sulfide) groups is 1. The highest BCUT2D eigenvalue weighted by Gasteiger charge is 1.95. The molecule has 0 aromatic heterocycles. The summed E-state index contributed by atoms with van der Waals surface area (Å²) < 4.78 is 0. The molecular formula is C10H13NOS. The van der Waals surface area contributed by atoms with Crippen LogP contribution in [0.3, 0.4) is 0 Å². The van der Waals surface area contributed by atoms with Gasteiger partial charge in [0.1, 0.15) is 0 Å². The Kier molecular flexibility index (Phi) is 4.40. The smallest absolute Gasteiger partial charge is 0.217 e. The fourth-order valence-corrected chi connectivity index (χ4v) is 1.83. The van der Waals surface area contributed by atoms with Crippen LogP contribution in [0.15, 0.2) is 35.2 Å². The summed E-state index contributed by atoms with van der Waals surface area (Å²) in [6, 6.07) is 10.1. The summed E-state index contributed by atoms with van der Waals surface area (Å²) in [5.74, 6) is 0.737. The predicted octanol–water partition coefficient (Wildman–Crippen LogP) is 2.04. The van der Waals surface area contributed by atoms with E-state index in [9.17, 15) is 4.79 Å². The third kappa shape index (κ3) is 4.58. The second-order valence-corrected chi connectivity index (χ2v) is 3.90. The third-order valence-corrected chi connectivity index (χ3v) is 2.68. The summed E-state index contributed by atoms with van der Waals surface area (Å²) in [5.41, 5.74) is 5.02. The van der Waals surface area contributed by atoms with Crippen molar-refractivity contribution in [2.24, 2.45) is 5.73 Å². The minimum absolute atomic E-state index is 0.214. The quantitative estimate of drug-likeness (QED) is 0.577. The van der Waals surface area contributed by atoms with Crippen LogP contribution in [0.5, 0.6) is 0 Å². The number of amides is 1. The fourth-order valence-electron chi connectivity index (χ4n) is 0.953. The first-order chi connectivity index (χ1) is 6.29. The average Bonchev–Trinajstić information content (AvgIpc) is 2.14. The monoisotopic (exact) mass is 195 g/mol. The molecule has 0 radical (unpaired) electrons. The molecule has 70 valence electrons. The van der Waals surface area contributed by atoms with Gasteiger partial charge >= 0.3 is 0 Å². The molecule has 0 fully saturated rings. The molecule has 0 unspecified atom stereocenters. The molecule has 2 nitrogen and oxygen atoms in total. The first kappa shape index (κ1) is 10.1. The largest absolute Gasteiger partial charge is 0.370 e. The van der Waals surface area contributed by atoms with E-state index in [4.69, 9.17) is 5.73 Å². The van der Waals surface area contributed by atoms with Crippen LogP contribution in [-0.4, -0.2) is 11.7 Å². The molecule has 0 saturated carbocycles. The van der Waals surface area contributed by atoms with E-state index in [1.165, 1.54) is 4.90 Å². The number of hydrogen-bond donors (Lipinski definition) is 1. The van der Waals surface area contributed by atoms with Crippen molar-refractivity contribution in [3.8, 4) is 0 Å². The van der Waals surface area contributed by atoms with E-state index < -0.39 is 0 Å². The van der Waals surface area contributed by atoms with Crippen LogP contribution in [0.25, 0.3) is 0 Å². The lowest BCUT2D eigenvalue weighted by Gasteiger charge is -1.99. The van der Waals surface area contributed by atoms with E-state index in [1.807, 2.05) is 18.2 Å². The van der Waals surface area contributed by atoms with Gasteiger partial charge in [-0.3, -0.25) is 4.79 Å². The van der Waals surface area contributed by atoms with Gasteiger partial charge in [-0.2, -0.15) is 0 Å². The Labute approximate surface area is 82.5 Å². The highest BCUT2D eigenvalue weighted by molar-refractivity contribution is 7.99. The van der Waals surface area contributed by atoms with Crippen molar-refractivity contribution in [1.82, 2.24) is 0 Å². The maximum absolute atomic E-state index is 10.4. The van der Waals surface area contributed by atoms with Gasteiger partial charge in [0.05, 0.1) is 0 Å². The number of rotatable bonds is 5. The van der Waals surface area contributed by atoms with E-state index in [1.54, 1.807) is 11.8 Å². The molecule has 1 aromatic rings. The van der Waals surface area contributed by atoms with E-state index in [0.29, 0.717) is 6.42 Å². The Bertz CT molecular complexity index is 261. The molecule has 3 heteroatoms. The number of primary amides is 1. The normalized spacial score (nSPS) is 9.85. The van der Waals surface area contributed by atoms with Crippen molar-refractivity contribution in [3.63, 3.8) is 0 Å². The molecule has 0 aliphatic carbocycles. The minimum atomic E-state index is -0.214. The van der Waals surface area contributed by atoms with E-state index in [0.717, 1.165) is 12.2 Å². The second kappa shape index (κ2) is 5.65. The zero-order valence-corrected chi connectivity index (χ0v) is 8.22. The van der Waals surface area contributed by atoms with Crippen molar-refractivity contribution >= 4 is 17.7 Å². The minimum Gasteiger partial charge on any atom is -0.370 e. The maximum Gasteiger partial charge on any atom is 0.217 e. The van der Waals surface area contributed by atoms with E-state index >= 15 is 0 Å². The zero-order chi connectivity index (χ0) is 9.52. The van der Waals surface area contributed by atoms with Gasteiger partial charge < -0.3 is 5.73 Å². The summed E-state index contributed by atoms with van der Waals surface area (Å²) in [4.78, 5) is 11.7. The number of carbonyl (C=O) groups is 1. The first-order valence-corrected chi connectivity index (χ1v) is 5.24. The molecule has 0 saturated heterocycles.